The first kappa shape index (κ1) is 17.7. The molecule has 0 N–H and O–H groups in total. The molecule has 0 amide bonds. The van der Waals surface area contributed by atoms with Crippen LogP contribution in [0.15, 0.2) is 23.3 Å². The Morgan fingerprint density at radius 1 is 0.636 bits per heavy atom. The van der Waals surface area contributed by atoms with Crippen molar-refractivity contribution in [2.45, 2.75) is 49.7 Å². The van der Waals surface area contributed by atoms with Crippen LogP contribution in [0.1, 0.15) is 41.5 Å². The third-order valence-corrected chi connectivity index (χ3v) is 11.8. The van der Waals surface area contributed by atoms with Crippen LogP contribution in [0.3, 0.4) is 0 Å². The predicted molar refractivity (Wildman–Crippen MR) is 110 cm³/mol. The molecule has 4 heteroatoms. The first-order valence-electron chi connectivity index (χ1n) is 8.13. The van der Waals surface area contributed by atoms with Gasteiger partial charge in [0, 0.05) is 23.0 Å². The number of hydrogen-bond acceptors (Lipinski definition) is 4. The lowest BCUT2D eigenvalue weighted by atomic mass is 9.75. The molecule has 2 heterocycles. The average molecular weight is 373 g/mol. The van der Waals surface area contributed by atoms with E-state index < -0.39 is 0 Å². The molecule has 1 saturated carbocycles. The van der Waals surface area contributed by atoms with Gasteiger partial charge in [0.1, 0.15) is 8.16 Å². The van der Waals surface area contributed by atoms with Gasteiger partial charge in [-0.25, -0.2) is 0 Å². The van der Waals surface area contributed by atoms with Crippen LogP contribution in [0.4, 0.5) is 0 Å². The van der Waals surface area contributed by atoms with Crippen molar-refractivity contribution in [1.29, 1.82) is 0 Å². The molecule has 1 aliphatic carbocycles. The smallest absolute Gasteiger partial charge is 0.114 e. The minimum absolute atomic E-state index is 0.249. The molecule has 0 aromatic carbocycles. The second-order valence-electron chi connectivity index (χ2n) is 8.48. The Kier molecular flexibility index (Phi) is 4.59. The highest BCUT2D eigenvalue weighted by molar-refractivity contribution is 8.29. The number of hydrogen-bond donors (Lipinski definition) is 0. The Morgan fingerprint density at radius 2 is 0.909 bits per heavy atom. The highest BCUT2D eigenvalue weighted by Gasteiger charge is 2.70. The predicted octanol–water partition coefficient (Wildman–Crippen LogP) is 6.30. The maximum atomic E-state index is 2.57. The van der Waals surface area contributed by atoms with Crippen molar-refractivity contribution in [3.05, 3.63) is 23.3 Å². The van der Waals surface area contributed by atoms with Gasteiger partial charge in [-0.15, -0.1) is 47.0 Å². The van der Waals surface area contributed by atoms with E-state index in [0.717, 1.165) is 0 Å². The Labute approximate surface area is 153 Å². The van der Waals surface area contributed by atoms with E-state index >= 15 is 0 Å². The van der Waals surface area contributed by atoms with Crippen LogP contribution in [0.2, 0.25) is 0 Å². The molecule has 124 valence electrons. The van der Waals surface area contributed by atoms with Crippen molar-refractivity contribution in [1.82, 2.24) is 0 Å². The van der Waals surface area contributed by atoms with Crippen LogP contribution in [-0.2, 0) is 0 Å². The van der Waals surface area contributed by atoms with Crippen LogP contribution < -0.4 is 0 Å². The van der Waals surface area contributed by atoms with E-state index in [4.69, 9.17) is 0 Å². The Bertz CT molecular complexity index is 456. The van der Waals surface area contributed by atoms with E-state index in [9.17, 15) is 0 Å². The minimum atomic E-state index is 0.249. The molecule has 0 aromatic rings. The summed E-state index contributed by atoms with van der Waals surface area (Å²) in [5.74, 6) is 5.21. The van der Waals surface area contributed by atoms with Crippen LogP contribution in [-0.4, -0.2) is 31.2 Å². The van der Waals surface area contributed by atoms with Gasteiger partial charge in [0.2, 0.25) is 0 Å². The number of allylic oxidation sites excluding steroid dienone is 2. The first-order chi connectivity index (χ1) is 10.1. The normalized spacial score (nSPS) is 30.6. The maximum absolute atomic E-state index is 2.57. The standard InChI is InChI=1S/C18H28S4/c1-15(2,3)11-13-14(12-16(4,5)6)18(21-9-10-22-18)17(13)19-7-8-20-17/h11-12H,7-10H2,1-6H3/b13-11-,14-12-. The van der Waals surface area contributed by atoms with Gasteiger partial charge in [0.05, 0.1) is 0 Å². The summed E-state index contributed by atoms with van der Waals surface area (Å²) >= 11 is 8.87. The molecule has 0 bridgehead atoms. The molecule has 2 saturated heterocycles. The summed E-state index contributed by atoms with van der Waals surface area (Å²) in [7, 11) is 0. The van der Waals surface area contributed by atoms with Crippen molar-refractivity contribution >= 4 is 47.0 Å². The first-order valence-corrected chi connectivity index (χ1v) is 12.1. The lowest BCUT2D eigenvalue weighted by Gasteiger charge is -2.58. The summed E-state index contributed by atoms with van der Waals surface area (Å²) in [4.78, 5) is 0. The van der Waals surface area contributed by atoms with Crippen LogP contribution in [0, 0.1) is 10.8 Å². The van der Waals surface area contributed by atoms with Gasteiger partial charge in [0.15, 0.2) is 0 Å². The average Bonchev–Trinajstić information content (AvgIpc) is 3.02. The zero-order chi connectivity index (χ0) is 16.2. The van der Waals surface area contributed by atoms with Gasteiger partial charge in [0.25, 0.3) is 0 Å². The topological polar surface area (TPSA) is 0 Å². The number of fused-ring (bicyclic) bond motifs is 1. The zero-order valence-corrected chi connectivity index (χ0v) is 17.9. The molecule has 3 fully saturated rings. The SMILES string of the molecule is CC(C)(C)/C=C1/C(=C/C(C)(C)C)C2(SCCS2)C12SCCS2. The fourth-order valence-corrected chi connectivity index (χ4v) is 11.4. The lowest BCUT2D eigenvalue weighted by molar-refractivity contribution is 0.516. The largest absolute Gasteiger partial charge is 0.136 e. The molecule has 0 nitrogen and oxygen atoms in total. The van der Waals surface area contributed by atoms with Crippen molar-refractivity contribution in [2.24, 2.45) is 10.8 Å². The molecular weight excluding hydrogens is 344 g/mol. The van der Waals surface area contributed by atoms with Gasteiger partial charge in [-0.3, -0.25) is 0 Å². The van der Waals surface area contributed by atoms with Gasteiger partial charge in [-0.2, -0.15) is 0 Å². The molecule has 2 aliphatic heterocycles. The van der Waals surface area contributed by atoms with Crippen LogP contribution >= 0.6 is 47.0 Å². The Morgan fingerprint density at radius 3 is 1.14 bits per heavy atom. The summed E-state index contributed by atoms with van der Waals surface area (Å²) in [6, 6.07) is 0. The van der Waals surface area contributed by atoms with E-state index in [1.165, 1.54) is 23.0 Å². The fraction of sp³-hybridized carbons (Fsp3) is 0.778. The Balaban J connectivity index is 2.13. The van der Waals surface area contributed by atoms with E-state index in [-0.39, 0.29) is 10.8 Å². The van der Waals surface area contributed by atoms with Crippen molar-refractivity contribution < 1.29 is 0 Å². The van der Waals surface area contributed by atoms with Crippen molar-refractivity contribution in [3.63, 3.8) is 0 Å². The summed E-state index contributed by atoms with van der Waals surface area (Å²) in [6.45, 7) is 14.0. The minimum Gasteiger partial charge on any atom is -0.136 e. The van der Waals surface area contributed by atoms with Gasteiger partial charge in [-0.05, 0) is 22.0 Å². The third kappa shape index (κ3) is 2.84. The van der Waals surface area contributed by atoms with Crippen LogP contribution in [0.5, 0.6) is 0 Å². The highest BCUT2D eigenvalue weighted by Crippen LogP contribution is 2.78. The lowest BCUT2D eigenvalue weighted by Crippen LogP contribution is -2.57. The fourth-order valence-electron chi connectivity index (χ4n) is 3.37. The Hall–Kier alpha value is 0.880. The molecular formula is C18H28S4. The second kappa shape index (κ2) is 5.71. The van der Waals surface area contributed by atoms with E-state index in [2.05, 4.69) is 101 Å². The maximum Gasteiger partial charge on any atom is 0.114 e. The van der Waals surface area contributed by atoms with Gasteiger partial charge in [-0.1, -0.05) is 53.7 Å². The van der Waals surface area contributed by atoms with Gasteiger partial charge < -0.3 is 0 Å². The van der Waals surface area contributed by atoms with E-state index in [1.807, 2.05) is 0 Å². The quantitative estimate of drug-likeness (QED) is 0.489. The van der Waals surface area contributed by atoms with Crippen molar-refractivity contribution in [2.75, 3.05) is 23.0 Å². The van der Waals surface area contributed by atoms with Gasteiger partial charge >= 0.3 is 0 Å². The highest BCUT2D eigenvalue weighted by atomic mass is 32.2. The van der Waals surface area contributed by atoms with Crippen LogP contribution in [0.25, 0.3) is 0 Å². The number of rotatable bonds is 0. The third-order valence-electron chi connectivity index (χ3n) is 3.98. The molecule has 0 unspecified atom stereocenters. The van der Waals surface area contributed by atoms with Crippen molar-refractivity contribution in [3.8, 4) is 0 Å². The van der Waals surface area contributed by atoms with E-state index in [1.54, 1.807) is 11.1 Å². The molecule has 0 radical (unpaired) electrons. The summed E-state index contributed by atoms with van der Waals surface area (Å²) in [6.07, 6.45) is 5.14. The van der Waals surface area contributed by atoms with E-state index in [0.29, 0.717) is 8.16 Å². The molecule has 3 aliphatic rings. The molecule has 3 rings (SSSR count). The summed E-state index contributed by atoms with van der Waals surface area (Å²) in [5.41, 5.74) is 3.78. The zero-order valence-electron chi connectivity index (χ0n) is 14.6. The number of thioether (sulfide) groups is 4. The second-order valence-corrected chi connectivity index (χ2v) is 14.2. The molecule has 2 spiro atoms. The summed E-state index contributed by atoms with van der Waals surface area (Å²) < 4.78 is 0.617. The summed E-state index contributed by atoms with van der Waals surface area (Å²) in [5, 5.41) is 0. The monoisotopic (exact) mass is 372 g/mol. The molecule has 0 atom stereocenters. The molecule has 0 aromatic heterocycles. The molecule has 22 heavy (non-hydrogen) atoms.